The van der Waals surface area contributed by atoms with Crippen LogP contribution < -0.4 is 5.32 Å². The van der Waals surface area contributed by atoms with E-state index in [0.717, 1.165) is 6.29 Å². The molecule has 3 nitrogen and oxygen atoms in total. The Kier molecular flexibility index (Phi) is 3.42. The summed E-state index contributed by atoms with van der Waals surface area (Å²) in [5, 5.41) is 11.4. The summed E-state index contributed by atoms with van der Waals surface area (Å²) < 4.78 is 0. The van der Waals surface area contributed by atoms with Crippen LogP contribution in [0.5, 0.6) is 0 Å². The molecule has 0 aliphatic heterocycles. The predicted molar refractivity (Wildman–Crippen MR) is 35.2 cm³/mol. The van der Waals surface area contributed by atoms with Gasteiger partial charge in [-0.05, 0) is 13.5 Å². The number of aldehydes is 1. The van der Waals surface area contributed by atoms with Crippen LogP contribution in [0.4, 0.5) is 0 Å². The summed E-state index contributed by atoms with van der Waals surface area (Å²) in [4.78, 5) is 10.3. The second kappa shape index (κ2) is 3.58. The van der Waals surface area contributed by atoms with E-state index in [4.69, 9.17) is 5.11 Å². The highest BCUT2D eigenvalue weighted by Crippen LogP contribution is 2.02. The minimum absolute atomic E-state index is 0.135. The second-order valence-electron chi connectivity index (χ2n) is 2.04. The molecule has 0 spiro atoms. The molecule has 0 aliphatic rings. The number of nitrogens with one attached hydrogen (secondary N) is 1. The predicted octanol–water partition coefficient (Wildman–Crippen LogP) is -0.454. The minimum atomic E-state index is -0.708. The maximum Gasteiger partial charge on any atom is 0.142 e. The highest BCUT2D eigenvalue weighted by atomic mass is 16.3. The number of hydrogen-bond acceptors (Lipinski definition) is 3. The van der Waals surface area contributed by atoms with Gasteiger partial charge in [0.05, 0.1) is 12.1 Å². The van der Waals surface area contributed by atoms with Gasteiger partial charge in [-0.3, -0.25) is 0 Å². The average molecular weight is 131 g/mol. The third kappa shape index (κ3) is 1.77. The lowest BCUT2D eigenvalue weighted by Crippen LogP contribution is -2.47. The highest BCUT2D eigenvalue weighted by molar-refractivity contribution is 5.64. The summed E-state index contributed by atoms with van der Waals surface area (Å²) >= 11 is 0. The molecule has 0 bridgehead atoms. The Balaban J connectivity index is 3.98. The van der Waals surface area contributed by atoms with Crippen molar-refractivity contribution in [3.63, 3.8) is 0 Å². The second-order valence-corrected chi connectivity index (χ2v) is 2.04. The lowest BCUT2D eigenvalue weighted by atomic mass is 10.0. The van der Waals surface area contributed by atoms with Crippen LogP contribution in [0.1, 0.15) is 13.3 Å². The van der Waals surface area contributed by atoms with Crippen LogP contribution in [-0.2, 0) is 4.79 Å². The van der Waals surface area contributed by atoms with E-state index in [-0.39, 0.29) is 6.61 Å². The van der Waals surface area contributed by atoms with E-state index in [1.54, 1.807) is 7.05 Å². The standard InChI is InChI=1S/C6H13NO2/c1-3-6(4-8,5-9)7-2/h4,7,9H,3,5H2,1-2H3/t6-/m1/s1. The zero-order chi connectivity index (χ0) is 7.33. The molecule has 0 aliphatic carbocycles. The van der Waals surface area contributed by atoms with Crippen molar-refractivity contribution in [1.29, 1.82) is 0 Å². The molecule has 0 rings (SSSR count). The molecule has 2 N–H and O–H groups in total. The molecule has 0 heterocycles. The van der Waals surface area contributed by atoms with E-state index >= 15 is 0 Å². The van der Waals surface area contributed by atoms with Gasteiger partial charge in [-0.1, -0.05) is 6.92 Å². The summed E-state index contributed by atoms with van der Waals surface area (Å²) in [5.74, 6) is 0. The minimum Gasteiger partial charge on any atom is -0.394 e. The molecule has 0 saturated heterocycles. The highest BCUT2D eigenvalue weighted by Gasteiger charge is 2.23. The Bertz CT molecular complexity index is 80.8. The lowest BCUT2D eigenvalue weighted by Gasteiger charge is -2.22. The van der Waals surface area contributed by atoms with Crippen LogP contribution in [0, 0.1) is 0 Å². The molecule has 3 heteroatoms. The van der Waals surface area contributed by atoms with Crippen molar-refractivity contribution in [2.75, 3.05) is 13.7 Å². The monoisotopic (exact) mass is 131 g/mol. The van der Waals surface area contributed by atoms with Crippen LogP contribution in [-0.4, -0.2) is 30.6 Å². The van der Waals surface area contributed by atoms with E-state index in [2.05, 4.69) is 5.32 Å². The number of rotatable bonds is 4. The van der Waals surface area contributed by atoms with Gasteiger partial charge >= 0.3 is 0 Å². The molecule has 0 aromatic heterocycles. The third-order valence-electron chi connectivity index (χ3n) is 1.64. The molecule has 0 unspecified atom stereocenters. The van der Waals surface area contributed by atoms with Gasteiger partial charge in [-0.15, -0.1) is 0 Å². The largest absolute Gasteiger partial charge is 0.394 e. The van der Waals surface area contributed by atoms with Crippen LogP contribution in [0.2, 0.25) is 0 Å². The van der Waals surface area contributed by atoms with Crippen molar-refractivity contribution in [2.45, 2.75) is 18.9 Å². The van der Waals surface area contributed by atoms with Gasteiger partial charge in [0, 0.05) is 0 Å². The van der Waals surface area contributed by atoms with E-state index < -0.39 is 5.54 Å². The molecule has 0 aromatic carbocycles. The molecule has 0 fully saturated rings. The maximum atomic E-state index is 10.3. The fourth-order valence-electron chi connectivity index (χ4n) is 0.547. The summed E-state index contributed by atoms with van der Waals surface area (Å²) in [6.45, 7) is 1.71. The normalized spacial score (nSPS) is 16.8. The smallest absolute Gasteiger partial charge is 0.142 e. The number of hydrogen-bond donors (Lipinski definition) is 2. The van der Waals surface area contributed by atoms with E-state index in [1.807, 2.05) is 6.92 Å². The summed E-state index contributed by atoms with van der Waals surface area (Å²) in [6.07, 6.45) is 1.36. The van der Waals surface area contributed by atoms with Crippen LogP contribution in [0.15, 0.2) is 0 Å². The molecule has 0 radical (unpaired) electrons. The van der Waals surface area contributed by atoms with Gasteiger partial charge in [0.15, 0.2) is 0 Å². The van der Waals surface area contributed by atoms with E-state index in [9.17, 15) is 4.79 Å². The summed E-state index contributed by atoms with van der Waals surface area (Å²) in [5.41, 5.74) is -0.708. The zero-order valence-corrected chi connectivity index (χ0v) is 5.85. The van der Waals surface area contributed by atoms with Crippen molar-refractivity contribution in [3.8, 4) is 0 Å². The Morgan fingerprint density at radius 1 is 1.78 bits per heavy atom. The lowest BCUT2D eigenvalue weighted by molar-refractivity contribution is -0.114. The number of aliphatic hydroxyl groups excluding tert-OH is 1. The molecule has 0 aromatic rings. The first kappa shape index (κ1) is 8.59. The van der Waals surface area contributed by atoms with Crippen LogP contribution in [0.25, 0.3) is 0 Å². The number of carbonyl (C=O) groups excluding carboxylic acids is 1. The van der Waals surface area contributed by atoms with Gasteiger partial charge < -0.3 is 15.2 Å². The zero-order valence-electron chi connectivity index (χ0n) is 5.85. The molecular weight excluding hydrogens is 118 g/mol. The Hall–Kier alpha value is -0.410. The summed E-state index contributed by atoms with van der Waals surface area (Å²) in [6, 6.07) is 0. The Morgan fingerprint density at radius 3 is 2.33 bits per heavy atom. The maximum absolute atomic E-state index is 10.3. The Labute approximate surface area is 55.1 Å². The fourth-order valence-corrected chi connectivity index (χ4v) is 0.547. The van der Waals surface area contributed by atoms with E-state index in [1.165, 1.54) is 0 Å². The van der Waals surface area contributed by atoms with Gasteiger partial charge in [-0.2, -0.15) is 0 Å². The number of carbonyl (C=O) groups is 1. The molecule has 1 atom stereocenters. The molecule has 54 valence electrons. The van der Waals surface area contributed by atoms with Crippen molar-refractivity contribution in [3.05, 3.63) is 0 Å². The van der Waals surface area contributed by atoms with Crippen LogP contribution >= 0.6 is 0 Å². The first-order valence-electron chi connectivity index (χ1n) is 3.00. The van der Waals surface area contributed by atoms with Crippen molar-refractivity contribution in [1.82, 2.24) is 5.32 Å². The van der Waals surface area contributed by atoms with Gasteiger partial charge in [0.25, 0.3) is 0 Å². The van der Waals surface area contributed by atoms with Gasteiger partial charge in [0.1, 0.15) is 6.29 Å². The van der Waals surface area contributed by atoms with Crippen molar-refractivity contribution < 1.29 is 9.90 Å². The number of aliphatic hydroxyl groups is 1. The first-order valence-corrected chi connectivity index (χ1v) is 3.00. The van der Waals surface area contributed by atoms with Crippen molar-refractivity contribution >= 4 is 6.29 Å². The first-order chi connectivity index (χ1) is 4.24. The Morgan fingerprint density at radius 2 is 2.33 bits per heavy atom. The molecule has 0 amide bonds. The van der Waals surface area contributed by atoms with E-state index in [0.29, 0.717) is 6.42 Å². The van der Waals surface area contributed by atoms with Crippen LogP contribution in [0.3, 0.4) is 0 Å². The quantitative estimate of drug-likeness (QED) is 0.508. The topological polar surface area (TPSA) is 49.3 Å². The molecule has 0 saturated carbocycles. The van der Waals surface area contributed by atoms with Crippen molar-refractivity contribution in [2.24, 2.45) is 0 Å². The van der Waals surface area contributed by atoms with Gasteiger partial charge in [-0.25, -0.2) is 0 Å². The summed E-state index contributed by atoms with van der Waals surface area (Å²) in [7, 11) is 1.66. The SMILES string of the molecule is CC[C@@](C=O)(CO)NC. The molecular formula is C6H13NO2. The average Bonchev–Trinajstić information content (AvgIpc) is 1.95. The number of likely N-dealkylation sites (N-methyl/N-ethyl adjacent to an activating group) is 1. The van der Waals surface area contributed by atoms with Gasteiger partial charge in [0.2, 0.25) is 0 Å². The fraction of sp³-hybridized carbons (Fsp3) is 0.833. The third-order valence-corrected chi connectivity index (χ3v) is 1.64. The molecule has 9 heavy (non-hydrogen) atoms.